The minimum Gasteiger partial charge on any atom is -0.312 e. The third-order valence-corrected chi connectivity index (χ3v) is 5.03. The highest BCUT2D eigenvalue weighted by molar-refractivity contribution is 6.05. The van der Waals surface area contributed by atoms with Crippen molar-refractivity contribution in [3.05, 3.63) is 59.7 Å². The fraction of sp³-hybridized carbons (Fsp3) is 0.300. The minimum atomic E-state index is -0.261. The maximum absolute atomic E-state index is 13.0. The zero-order valence-electron chi connectivity index (χ0n) is 13.7. The van der Waals surface area contributed by atoms with Crippen molar-refractivity contribution in [2.75, 3.05) is 22.9 Å². The molecular weight excluding hydrogens is 300 g/mol. The van der Waals surface area contributed by atoms with Gasteiger partial charge in [0.25, 0.3) is 0 Å². The zero-order chi connectivity index (χ0) is 16.7. The van der Waals surface area contributed by atoms with E-state index in [2.05, 4.69) is 6.07 Å². The second-order valence-corrected chi connectivity index (χ2v) is 6.56. The lowest BCUT2D eigenvalue weighted by atomic mass is 10.1. The van der Waals surface area contributed by atoms with Crippen LogP contribution in [-0.2, 0) is 16.0 Å². The van der Waals surface area contributed by atoms with E-state index in [1.165, 1.54) is 5.56 Å². The third-order valence-electron chi connectivity index (χ3n) is 5.03. The molecule has 0 spiro atoms. The van der Waals surface area contributed by atoms with Crippen molar-refractivity contribution in [1.82, 2.24) is 0 Å². The van der Waals surface area contributed by atoms with Gasteiger partial charge < -0.3 is 9.80 Å². The summed E-state index contributed by atoms with van der Waals surface area (Å²) in [5, 5.41) is 0. The van der Waals surface area contributed by atoms with Crippen LogP contribution in [0.1, 0.15) is 17.5 Å². The molecule has 2 heterocycles. The molecule has 2 aromatic carbocycles. The largest absolute Gasteiger partial charge is 0.312 e. The van der Waals surface area contributed by atoms with Crippen LogP contribution in [0.2, 0.25) is 0 Å². The Balaban J connectivity index is 1.56. The summed E-state index contributed by atoms with van der Waals surface area (Å²) < 4.78 is 0. The molecule has 24 heavy (non-hydrogen) atoms. The molecule has 4 heteroatoms. The van der Waals surface area contributed by atoms with Gasteiger partial charge in [0.05, 0.1) is 5.92 Å². The molecule has 4 rings (SSSR count). The summed E-state index contributed by atoms with van der Waals surface area (Å²) in [6.45, 7) is 3.18. The highest BCUT2D eigenvalue weighted by atomic mass is 16.2. The molecule has 0 N–H and O–H groups in total. The molecule has 122 valence electrons. The van der Waals surface area contributed by atoms with Crippen molar-refractivity contribution >= 4 is 23.2 Å². The van der Waals surface area contributed by atoms with E-state index in [1.807, 2.05) is 54.3 Å². The average molecular weight is 320 g/mol. The van der Waals surface area contributed by atoms with Gasteiger partial charge in [-0.25, -0.2) is 0 Å². The summed E-state index contributed by atoms with van der Waals surface area (Å²) in [5.74, 6) is -0.150. The van der Waals surface area contributed by atoms with Crippen molar-refractivity contribution in [3.8, 4) is 0 Å². The fourth-order valence-corrected chi connectivity index (χ4v) is 3.76. The van der Waals surface area contributed by atoms with Gasteiger partial charge in [-0.15, -0.1) is 0 Å². The monoisotopic (exact) mass is 320 g/mol. The number of fused-ring (bicyclic) bond motifs is 1. The Kier molecular flexibility index (Phi) is 3.60. The van der Waals surface area contributed by atoms with Crippen LogP contribution in [0, 0.1) is 12.8 Å². The molecule has 4 nitrogen and oxygen atoms in total. The smallest absolute Gasteiger partial charge is 0.232 e. The molecule has 2 amide bonds. The normalized spacial score (nSPS) is 19.7. The Hall–Kier alpha value is -2.62. The number of hydrogen-bond acceptors (Lipinski definition) is 2. The first-order valence-electron chi connectivity index (χ1n) is 8.40. The Labute approximate surface area is 141 Å². The van der Waals surface area contributed by atoms with Gasteiger partial charge in [-0.2, -0.15) is 0 Å². The summed E-state index contributed by atoms with van der Waals surface area (Å²) in [6.07, 6.45) is 1.19. The van der Waals surface area contributed by atoms with Crippen LogP contribution in [-0.4, -0.2) is 24.9 Å². The summed E-state index contributed by atoms with van der Waals surface area (Å²) in [7, 11) is 0. The fourth-order valence-electron chi connectivity index (χ4n) is 3.76. The molecule has 2 aliphatic heterocycles. The molecule has 0 aromatic heterocycles. The predicted molar refractivity (Wildman–Crippen MR) is 94.1 cm³/mol. The van der Waals surface area contributed by atoms with Gasteiger partial charge in [-0.1, -0.05) is 36.4 Å². The van der Waals surface area contributed by atoms with Crippen LogP contribution in [0.3, 0.4) is 0 Å². The Morgan fingerprint density at radius 3 is 2.54 bits per heavy atom. The second-order valence-electron chi connectivity index (χ2n) is 6.56. The molecule has 2 aromatic rings. The first-order valence-corrected chi connectivity index (χ1v) is 8.40. The van der Waals surface area contributed by atoms with E-state index in [9.17, 15) is 9.59 Å². The summed E-state index contributed by atoms with van der Waals surface area (Å²) in [4.78, 5) is 29.0. The number of hydrogen-bond donors (Lipinski definition) is 0. The van der Waals surface area contributed by atoms with Crippen LogP contribution in [0.15, 0.2) is 48.5 Å². The van der Waals surface area contributed by atoms with Crippen molar-refractivity contribution in [2.45, 2.75) is 19.8 Å². The van der Waals surface area contributed by atoms with E-state index < -0.39 is 0 Å². The number of anilines is 2. The summed E-state index contributed by atoms with van der Waals surface area (Å²) >= 11 is 0. The second kappa shape index (κ2) is 5.78. The van der Waals surface area contributed by atoms with Gasteiger partial charge in [0.15, 0.2) is 0 Å². The highest BCUT2D eigenvalue weighted by Gasteiger charge is 2.39. The Morgan fingerprint density at radius 2 is 1.75 bits per heavy atom. The SMILES string of the molecule is Cc1ccccc1N1C[C@H](C(=O)N2CCc3ccccc32)CC1=O. The molecule has 0 saturated carbocycles. The molecule has 1 atom stereocenters. The van der Waals surface area contributed by atoms with E-state index >= 15 is 0 Å². The average Bonchev–Trinajstić information content (AvgIpc) is 3.18. The van der Waals surface area contributed by atoms with Crippen LogP contribution in [0.5, 0.6) is 0 Å². The van der Waals surface area contributed by atoms with E-state index in [1.54, 1.807) is 4.90 Å². The number of carbonyl (C=O) groups is 2. The molecule has 0 radical (unpaired) electrons. The maximum Gasteiger partial charge on any atom is 0.232 e. The van der Waals surface area contributed by atoms with Crippen molar-refractivity contribution in [1.29, 1.82) is 0 Å². The molecular formula is C20H20N2O2. The van der Waals surface area contributed by atoms with Crippen LogP contribution < -0.4 is 9.80 Å². The molecule has 0 bridgehead atoms. The van der Waals surface area contributed by atoms with Gasteiger partial charge >= 0.3 is 0 Å². The molecule has 1 fully saturated rings. The molecule has 2 aliphatic rings. The van der Waals surface area contributed by atoms with E-state index in [-0.39, 0.29) is 17.7 Å². The van der Waals surface area contributed by atoms with Gasteiger partial charge in [-0.05, 0) is 36.6 Å². The van der Waals surface area contributed by atoms with Crippen molar-refractivity contribution in [2.24, 2.45) is 5.92 Å². The van der Waals surface area contributed by atoms with Gasteiger partial charge in [0, 0.05) is 30.9 Å². The van der Waals surface area contributed by atoms with Gasteiger partial charge in [-0.3, -0.25) is 9.59 Å². The van der Waals surface area contributed by atoms with Gasteiger partial charge in [0.1, 0.15) is 0 Å². The minimum absolute atomic E-state index is 0.0372. The van der Waals surface area contributed by atoms with E-state index in [4.69, 9.17) is 0 Å². The summed E-state index contributed by atoms with van der Waals surface area (Å²) in [6, 6.07) is 15.9. The lowest BCUT2D eigenvalue weighted by molar-refractivity contribution is -0.124. The first kappa shape index (κ1) is 14.9. The maximum atomic E-state index is 13.0. The number of aryl methyl sites for hydroxylation is 1. The predicted octanol–water partition coefficient (Wildman–Crippen LogP) is 2.94. The van der Waals surface area contributed by atoms with Crippen LogP contribution >= 0.6 is 0 Å². The lowest BCUT2D eigenvalue weighted by Crippen LogP contribution is -2.36. The van der Waals surface area contributed by atoms with Crippen LogP contribution in [0.25, 0.3) is 0 Å². The van der Waals surface area contributed by atoms with E-state index in [0.717, 1.165) is 23.4 Å². The zero-order valence-corrected chi connectivity index (χ0v) is 13.7. The van der Waals surface area contributed by atoms with Crippen molar-refractivity contribution in [3.63, 3.8) is 0 Å². The number of nitrogens with zero attached hydrogens (tertiary/aromatic N) is 2. The van der Waals surface area contributed by atoms with Gasteiger partial charge in [0.2, 0.25) is 11.8 Å². The molecule has 0 aliphatic carbocycles. The third kappa shape index (κ3) is 2.39. The molecule has 0 unspecified atom stereocenters. The lowest BCUT2D eigenvalue weighted by Gasteiger charge is -2.22. The number of carbonyl (C=O) groups excluding carboxylic acids is 2. The van der Waals surface area contributed by atoms with Crippen LogP contribution in [0.4, 0.5) is 11.4 Å². The Bertz CT molecular complexity index is 815. The first-order chi connectivity index (χ1) is 11.6. The topological polar surface area (TPSA) is 40.6 Å². The van der Waals surface area contributed by atoms with Crippen molar-refractivity contribution < 1.29 is 9.59 Å². The number of para-hydroxylation sites is 2. The standard InChI is InChI=1S/C20H20N2O2/c1-14-6-2-4-8-17(14)22-13-16(12-19(22)23)20(24)21-11-10-15-7-3-5-9-18(15)21/h2-9,16H,10-13H2,1H3/t16-/m1/s1. The number of amides is 2. The highest BCUT2D eigenvalue weighted by Crippen LogP contribution is 2.33. The number of rotatable bonds is 2. The van der Waals surface area contributed by atoms with E-state index in [0.29, 0.717) is 19.5 Å². The quantitative estimate of drug-likeness (QED) is 0.853. The number of benzene rings is 2. The molecule has 1 saturated heterocycles. The summed E-state index contributed by atoms with van der Waals surface area (Å²) in [5.41, 5.74) is 4.19. The Morgan fingerprint density at radius 1 is 1.04 bits per heavy atom.